The maximum Gasteiger partial charge on any atom is 0.269 e. The summed E-state index contributed by atoms with van der Waals surface area (Å²) in [4.78, 5) is 36.7. The largest absolute Gasteiger partial charge is 0.487 e. The number of halogens is 2. The average Bonchev–Trinajstić information content (AvgIpc) is 2.73. The lowest BCUT2D eigenvalue weighted by molar-refractivity contribution is -0.384. The second-order valence-corrected chi connectivity index (χ2v) is 8.65. The summed E-state index contributed by atoms with van der Waals surface area (Å²) in [6, 6.07) is 9.53. The summed E-state index contributed by atoms with van der Waals surface area (Å²) in [6.45, 7) is 3.87. The molecule has 1 saturated heterocycles. The highest BCUT2D eigenvalue weighted by molar-refractivity contribution is 9.11. The van der Waals surface area contributed by atoms with Crippen molar-refractivity contribution in [1.82, 2.24) is 10.2 Å². The third-order valence-corrected chi connectivity index (χ3v) is 5.83. The molecule has 1 aliphatic heterocycles. The predicted octanol–water partition coefficient (Wildman–Crippen LogP) is 4.51. The van der Waals surface area contributed by atoms with Gasteiger partial charge in [0.05, 0.1) is 13.9 Å². The van der Waals surface area contributed by atoms with Crippen molar-refractivity contribution in [2.75, 3.05) is 6.54 Å². The van der Waals surface area contributed by atoms with Crippen LogP contribution >= 0.6 is 44.1 Å². The molecule has 3 rings (SSSR count). The highest BCUT2D eigenvalue weighted by Gasteiger charge is 2.32. The Kier molecular flexibility index (Phi) is 7.54. The van der Waals surface area contributed by atoms with Crippen LogP contribution in [0.5, 0.6) is 5.75 Å². The Balaban J connectivity index is 1.84. The molecule has 0 saturated carbocycles. The molecule has 0 radical (unpaired) electrons. The standard InChI is InChI=1S/C21H15Br2N3O5S/c1-2-6-25-20(28)15(19(27)24-21(25)32)8-13-9-16(22)18(17(23)10-13)31-11-12-4-3-5-14(7-12)26(29)30/h2-5,7-10H,1,6,11H2,(H,24,27,32)/b15-8+. The smallest absolute Gasteiger partial charge is 0.269 e. The number of carbonyl (C=O) groups is 2. The van der Waals surface area contributed by atoms with Crippen LogP contribution in [0.2, 0.25) is 0 Å². The number of hydrogen-bond donors (Lipinski definition) is 1. The summed E-state index contributed by atoms with van der Waals surface area (Å²) in [7, 11) is 0. The number of rotatable bonds is 7. The SMILES string of the molecule is C=CCN1C(=O)/C(=C/c2cc(Br)c(OCc3cccc([N+](=O)[O-])c3)c(Br)c2)C(=O)NC1=S. The number of benzene rings is 2. The molecule has 0 spiro atoms. The molecule has 0 bridgehead atoms. The van der Waals surface area contributed by atoms with E-state index in [4.69, 9.17) is 17.0 Å². The van der Waals surface area contributed by atoms with Crippen molar-refractivity contribution in [2.45, 2.75) is 6.61 Å². The van der Waals surface area contributed by atoms with E-state index in [-0.39, 0.29) is 29.5 Å². The molecule has 1 heterocycles. The number of carbonyl (C=O) groups excluding carboxylic acids is 2. The van der Waals surface area contributed by atoms with Crippen LogP contribution in [0.25, 0.3) is 6.08 Å². The van der Waals surface area contributed by atoms with Crippen molar-refractivity contribution >= 4 is 72.8 Å². The monoisotopic (exact) mass is 579 g/mol. The summed E-state index contributed by atoms with van der Waals surface area (Å²) < 4.78 is 6.94. The number of nitro groups is 1. The Hall–Kier alpha value is -2.89. The van der Waals surface area contributed by atoms with Crippen molar-refractivity contribution in [3.63, 3.8) is 0 Å². The lowest BCUT2D eigenvalue weighted by Crippen LogP contribution is -2.53. The first-order chi connectivity index (χ1) is 15.2. The first-order valence-corrected chi connectivity index (χ1v) is 11.1. The van der Waals surface area contributed by atoms with Crippen molar-refractivity contribution < 1.29 is 19.2 Å². The molecule has 1 fully saturated rings. The Morgan fingerprint density at radius 2 is 1.91 bits per heavy atom. The van der Waals surface area contributed by atoms with E-state index in [1.165, 1.54) is 29.2 Å². The van der Waals surface area contributed by atoms with E-state index in [1.54, 1.807) is 24.3 Å². The van der Waals surface area contributed by atoms with E-state index in [2.05, 4.69) is 43.8 Å². The fourth-order valence-corrected chi connectivity index (χ4v) is 4.57. The minimum Gasteiger partial charge on any atom is -0.487 e. The van der Waals surface area contributed by atoms with Crippen LogP contribution in [0.3, 0.4) is 0 Å². The molecule has 32 heavy (non-hydrogen) atoms. The fraction of sp³-hybridized carbons (Fsp3) is 0.0952. The Morgan fingerprint density at radius 1 is 1.22 bits per heavy atom. The van der Waals surface area contributed by atoms with Gasteiger partial charge in [0.2, 0.25) is 0 Å². The second kappa shape index (κ2) is 10.2. The van der Waals surface area contributed by atoms with Gasteiger partial charge in [0.15, 0.2) is 5.11 Å². The minimum absolute atomic E-state index is 0.0217. The van der Waals surface area contributed by atoms with Crippen LogP contribution in [-0.4, -0.2) is 33.3 Å². The first kappa shape index (κ1) is 23.8. The van der Waals surface area contributed by atoms with E-state index in [9.17, 15) is 19.7 Å². The molecule has 2 amide bonds. The van der Waals surface area contributed by atoms with E-state index in [1.807, 2.05) is 0 Å². The average molecular weight is 581 g/mol. The molecule has 0 aliphatic carbocycles. The predicted molar refractivity (Wildman–Crippen MR) is 130 cm³/mol. The van der Waals surface area contributed by atoms with Crippen molar-refractivity contribution in [3.8, 4) is 5.75 Å². The van der Waals surface area contributed by atoms with Crippen LogP contribution in [0.15, 0.2) is 63.6 Å². The number of nitro benzene ring substituents is 1. The topological polar surface area (TPSA) is 102 Å². The zero-order valence-corrected chi connectivity index (χ0v) is 20.3. The Labute approximate surface area is 205 Å². The molecule has 2 aromatic rings. The summed E-state index contributed by atoms with van der Waals surface area (Å²) in [5, 5.41) is 13.5. The maximum absolute atomic E-state index is 12.7. The molecule has 11 heteroatoms. The van der Waals surface area contributed by atoms with Gasteiger partial charge in [0.25, 0.3) is 17.5 Å². The van der Waals surface area contributed by atoms with Crippen LogP contribution in [-0.2, 0) is 16.2 Å². The van der Waals surface area contributed by atoms with E-state index in [0.717, 1.165) is 0 Å². The summed E-state index contributed by atoms with van der Waals surface area (Å²) in [5.41, 5.74) is 1.11. The Bertz CT molecular complexity index is 1160. The van der Waals surface area contributed by atoms with Gasteiger partial charge in [-0.1, -0.05) is 18.2 Å². The zero-order chi connectivity index (χ0) is 23.4. The van der Waals surface area contributed by atoms with Gasteiger partial charge in [-0.2, -0.15) is 0 Å². The molecule has 8 nitrogen and oxygen atoms in total. The normalized spacial score (nSPS) is 15.0. The van der Waals surface area contributed by atoms with Gasteiger partial charge in [-0.05, 0) is 73.4 Å². The molecule has 0 atom stereocenters. The Morgan fingerprint density at radius 3 is 2.53 bits per heavy atom. The summed E-state index contributed by atoms with van der Waals surface area (Å²) in [5.74, 6) is -0.636. The molecule has 0 aromatic heterocycles. The van der Waals surface area contributed by atoms with Crippen molar-refractivity contribution in [3.05, 3.63) is 84.8 Å². The van der Waals surface area contributed by atoms with Gasteiger partial charge in [0, 0.05) is 18.7 Å². The molecule has 1 aliphatic rings. The number of nitrogens with one attached hydrogen (secondary N) is 1. The molecule has 1 N–H and O–H groups in total. The second-order valence-electron chi connectivity index (χ2n) is 6.55. The third kappa shape index (κ3) is 5.29. The lowest BCUT2D eigenvalue weighted by atomic mass is 10.1. The van der Waals surface area contributed by atoms with Gasteiger partial charge < -0.3 is 4.74 Å². The van der Waals surface area contributed by atoms with Crippen LogP contribution in [0.1, 0.15) is 11.1 Å². The quantitative estimate of drug-likeness (QED) is 0.129. The minimum atomic E-state index is -0.585. The van der Waals surface area contributed by atoms with E-state index >= 15 is 0 Å². The summed E-state index contributed by atoms with van der Waals surface area (Å²) in [6.07, 6.45) is 2.97. The molecule has 2 aromatic carbocycles. The van der Waals surface area contributed by atoms with Gasteiger partial charge >= 0.3 is 0 Å². The number of thiocarbonyl (C=S) groups is 1. The number of ether oxygens (including phenoxy) is 1. The van der Waals surface area contributed by atoms with E-state index in [0.29, 0.717) is 25.8 Å². The fourth-order valence-electron chi connectivity index (χ4n) is 2.87. The molecule has 164 valence electrons. The van der Waals surface area contributed by atoms with Crippen LogP contribution in [0.4, 0.5) is 5.69 Å². The van der Waals surface area contributed by atoms with Gasteiger partial charge in [0.1, 0.15) is 17.9 Å². The van der Waals surface area contributed by atoms with Gasteiger partial charge in [-0.3, -0.25) is 29.9 Å². The van der Waals surface area contributed by atoms with Gasteiger partial charge in [-0.15, -0.1) is 6.58 Å². The number of amides is 2. The molecular formula is C21H15Br2N3O5S. The van der Waals surface area contributed by atoms with Gasteiger partial charge in [-0.25, -0.2) is 0 Å². The highest BCUT2D eigenvalue weighted by atomic mass is 79.9. The van der Waals surface area contributed by atoms with E-state index < -0.39 is 16.7 Å². The number of nitrogens with zero attached hydrogens (tertiary/aromatic N) is 2. The molecular weight excluding hydrogens is 566 g/mol. The molecule has 0 unspecified atom stereocenters. The maximum atomic E-state index is 12.7. The first-order valence-electron chi connectivity index (χ1n) is 9.06. The zero-order valence-electron chi connectivity index (χ0n) is 16.3. The summed E-state index contributed by atoms with van der Waals surface area (Å²) >= 11 is 11.9. The number of non-ortho nitro benzene ring substituents is 1. The van der Waals surface area contributed by atoms with Crippen LogP contribution in [0, 0.1) is 10.1 Å². The van der Waals surface area contributed by atoms with Crippen molar-refractivity contribution in [2.24, 2.45) is 0 Å². The van der Waals surface area contributed by atoms with Crippen molar-refractivity contribution in [1.29, 1.82) is 0 Å². The van der Waals surface area contributed by atoms with Crippen LogP contribution < -0.4 is 10.1 Å². The number of hydrogen-bond acceptors (Lipinski definition) is 6. The highest BCUT2D eigenvalue weighted by Crippen LogP contribution is 2.36. The third-order valence-electron chi connectivity index (χ3n) is 4.33. The lowest BCUT2D eigenvalue weighted by Gasteiger charge is -2.27.